The van der Waals surface area contributed by atoms with E-state index in [-0.39, 0.29) is 0 Å². The van der Waals surface area contributed by atoms with E-state index in [9.17, 15) is 4.79 Å². The summed E-state index contributed by atoms with van der Waals surface area (Å²) in [7, 11) is 0. The van der Waals surface area contributed by atoms with Crippen molar-refractivity contribution in [3.63, 3.8) is 0 Å². The number of ether oxygens (including phenoxy) is 2. The van der Waals surface area contributed by atoms with Gasteiger partial charge in [0.25, 0.3) is 0 Å². The van der Waals surface area contributed by atoms with Crippen molar-refractivity contribution in [3.8, 4) is 22.6 Å². The molecule has 0 heterocycles. The molecule has 2 rings (SSSR count). The molecule has 0 aliphatic rings. The van der Waals surface area contributed by atoms with Crippen LogP contribution in [-0.2, 0) is 0 Å². The lowest BCUT2D eigenvalue weighted by atomic mass is 10.00. The van der Waals surface area contributed by atoms with Gasteiger partial charge >= 0.3 is 0 Å². The fourth-order valence-electron chi connectivity index (χ4n) is 2.08. The summed E-state index contributed by atoms with van der Waals surface area (Å²) in [5.74, 6) is 1.43. The first-order valence-electron chi connectivity index (χ1n) is 6.74. The molecular weight excluding hydrogens is 252 g/mol. The van der Waals surface area contributed by atoms with E-state index in [0.29, 0.717) is 24.5 Å². The van der Waals surface area contributed by atoms with Crippen molar-refractivity contribution in [1.82, 2.24) is 0 Å². The second kappa shape index (κ2) is 6.75. The third-order valence-electron chi connectivity index (χ3n) is 2.94. The quantitative estimate of drug-likeness (QED) is 0.745. The van der Waals surface area contributed by atoms with Crippen LogP contribution < -0.4 is 9.47 Å². The summed E-state index contributed by atoms with van der Waals surface area (Å²) in [6, 6.07) is 13.2. The minimum absolute atomic E-state index is 0.568. The molecule has 0 amide bonds. The highest BCUT2D eigenvalue weighted by Gasteiger charge is 2.09. The minimum Gasteiger partial charge on any atom is -0.490 e. The van der Waals surface area contributed by atoms with Crippen LogP contribution in [0.2, 0.25) is 0 Å². The zero-order chi connectivity index (χ0) is 14.4. The lowest BCUT2D eigenvalue weighted by Gasteiger charge is -2.13. The zero-order valence-electron chi connectivity index (χ0n) is 11.8. The molecule has 0 spiro atoms. The molecule has 104 valence electrons. The van der Waals surface area contributed by atoms with E-state index in [4.69, 9.17) is 9.47 Å². The molecule has 3 heteroatoms. The first kappa shape index (κ1) is 14.1. The number of hydrogen-bond donors (Lipinski definition) is 0. The molecule has 3 nitrogen and oxygen atoms in total. The lowest BCUT2D eigenvalue weighted by molar-refractivity contribution is 0.112. The smallest absolute Gasteiger partial charge is 0.161 e. The predicted octanol–water partition coefficient (Wildman–Crippen LogP) is 3.96. The van der Waals surface area contributed by atoms with E-state index < -0.39 is 0 Å². The van der Waals surface area contributed by atoms with Crippen molar-refractivity contribution in [2.45, 2.75) is 13.8 Å². The Bertz CT molecular complexity index is 591. The van der Waals surface area contributed by atoms with Gasteiger partial charge in [-0.2, -0.15) is 0 Å². The van der Waals surface area contributed by atoms with Crippen molar-refractivity contribution >= 4 is 6.29 Å². The van der Waals surface area contributed by atoms with Crippen LogP contribution in [0.1, 0.15) is 24.2 Å². The normalized spacial score (nSPS) is 10.1. The van der Waals surface area contributed by atoms with E-state index in [2.05, 4.69) is 0 Å². The average Bonchev–Trinajstić information content (AvgIpc) is 2.49. The Kier molecular flexibility index (Phi) is 4.77. The second-order valence-corrected chi connectivity index (χ2v) is 4.23. The van der Waals surface area contributed by atoms with Crippen molar-refractivity contribution in [3.05, 3.63) is 48.0 Å². The Balaban J connectivity index is 2.47. The largest absolute Gasteiger partial charge is 0.490 e. The first-order valence-corrected chi connectivity index (χ1v) is 6.74. The van der Waals surface area contributed by atoms with Gasteiger partial charge in [0, 0.05) is 5.56 Å². The van der Waals surface area contributed by atoms with Crippen LogP contribution >= 0.6 is 0 Å². The van der Waals surface area contributed by atoms with Gasteiger partial charge in [0.15, 0.2) is 17.8 Å². The summed E-state index contributed by atoms with van der Waals surface area (Å²) < 4.78 is 11.2. The maximum atomic E-state index is 11.1. The summed E-state index contributed by atoms with van der Waals surface area (Å²) in [5, 5.41) is 0. The maximum absolute atomic E-state index is 11.1. The molecule has 0 N–H and O–H groups in total. The van der Waals surface area contributed by atoms with Crippen molar-refractivity contribution in [1.29, 1.82) is 0 Å². The Morgan fingerprint density at radius 2 is 1.65 bits per heavy atom. The monoisotopic (exact) mass is 270 g/mol. The van der Waals surface area contributed by atoms with Gasteiger partial charge in [-0.1, -0.05) is 30.3 Å². The third-order valence-corrected chi connectivity index (χ3v) is 2.94. The standard InChI is InChI=1S/C17H18O3/c1-3-19-16-10-9-13(11-17(16)20-4-2)15-8-6-5-7-14(15)12-18/h5-12H,3-4H2,1-2H3. The molecule has 2 aromatic rings. The molecule has 20 heavy (non-hydrogen) atoms. The van der Waals surface area contributed by atoms with Gasteiger partial charge in [-0.05, 0) is 37.1 Å². The molecule has 0 radical (unpaired) electrons. The summed E-state index contributed by atoms with van der Waals surface area (Å²) >= 11 is 0. The van der Waals surface area contributed by atoms with E-state index in [0.717, 1.165) is 23.2 Å². The topological polar surface area (TPSA) is 35.5 Å². The molecule has 0 aliphatic carbocycles. The average molecular weight is 270 g/mol. The molecule has 0 aromatic heterocycles. The van der Waals surface area contributed by atoms with Gasteiger partial charge in [0.1, 0.15) is 0 Å². The Labute approximate surface area is 119 Å². The van der Waals surface area contributed by atoms with Crippen molar-refractivity contribution in [2.24, 2.45) is 0 Å². The summed E-state index contributed by atoms with van der Waals surface area (Å²) in [4.78, 5) is 11.1. The highest BCUT2D eigenvalue weighted by atomic mass is 16.5. The maximum Gasteiger partial charge on any atom is 0.161 e. The first-order chi connectivity index (χ1) is 9.80. The number of rotatable bonds is 6. The Morgan fingerprint density at radius 1 is 0.950 bits per heavy atom. The number of carbonyl (C=O) groups is 1. The number of aldehydes is 1. The van der Waals surface area contributed by atoms with Gasteiger partial charge in [0.05, 0.1) is 13.2 Å². The van der Waals surface area contributed by atoms with E-state index in [1.807, 2.05) is 50.2 Å². The van der Waals surface area contributed by atoms with Crippen LogP contribution in [0.4, 0.5) is 0 Å². The zero-order valence-corrected chi connectivity index (χ0v) is 11.8. The van der Waals surface area contributed by atoms with Gasteiger partial charge in [0.2, 0.25) is 0 Å². The summed E-state index contributed by atoms with van der Waals surface area (Å²) in [5.41, 5.74) is 2.50. The van der Waals surface area contributed by atoms with Crippen LogP contribution in [0.15, 0.2) is 42.5 Å². The van der Waals surface area contributed by atoms with Crippen LogP contribution in [-0.4, -0.2) is 19.5 Å². The predicted molar refractivity (Wildman–Crippen MR) is 79.6 cm³/mol. The van der Waals surface area contributed by atoms with Gasteiger partial charge < -0.3 is 9.47 Å². The molecule has 0 saturated heterocycles. The van der Waals surface area contributed by atoms with Gasteiger partial charge in [-0.3, -0.25) is 4.79 Å². The van der Waals surface area contributed by atoms with Crippen LogP contribution in [0.3, 0.4) is 0 Å². The van der Waals surface area contributed by atoms with E-state index in [1.54, 1.807) is 6.07 Å². The number of benzene rings is 2. The SMILES string of the molecule is CCOc1ccc(-c2ccccc2C=O)cc1OCC. The van der Waals surface area contributed by atoms with Crippen LogP contribution in [0.25, 0.3) is 11.1 Å². The Hall–Kier alpha value is -2.29. The summed E-state index contributed by atoms with van der Waals surface area (Å²) in [6.07, 6.45) is 0.867. The molecule has 2 aromatic carbocycles. The molecular formula is C17H18O3. The van der Waals surface area contributed by atoms with Crippen molar-refractivity contribution in [2.75, 3.05) is 13.2 Å². The number of hydrogen-bond acceptors (Lipinski definition) is 3. The summed E-state index contributed by atoms with van der Waals surface area (Å²) in [6.45, 7) is 5.02. The van der Waals surface area contributed by atoms with Crippen LogP contribution in [0, 0.1) is 0 Å². The van der Waals surface area contributed by atoms with Crippen LogP contribution in [0.5, 0.6) is 11.5 Å². The highest BCUT2D eigenvalue weighted by Crippen LogP contribution is 2.33. The van der Waals surface area contributed by atoms with E-state index in [1.165, 1.54) is 0 Å². The molecule has 0 aliphatic heterocycles. The van der Waals surface area contributed by atoms with Gasteiger partial charge in [-0.15, -0.1) is 0 Å². The second-order valence-electron chi connectivity index (χ2n) is 4.23. The lowest BCUT2D eigenvalue weighted by Crippen LogP contribution is -1.99. The highest BCUT2D eigenvalue weighted by molar-refractivity contribution is 5.87. The molecule has 0 atom stereocenters. The Morgan fingerprint density at radius 3 is 2.35 bits per heavy atom. The van der Waals surface area contributed by atoms with Crippen molar-refractivity contribution < 1.29 is 14.3 Å². The molecule has 0 unspecified atom stereocenters. The minimum atomic E-state index is 0.568. The van der Waals surface area contributed by atoms with Gasteiger partial charge in [-0.25, -0.2) is 0 Å². The fraction of sp³-hybridized carbons (Fsp3) is 0.235. The molecule has 0 saturated carbocycles. The molecule has 0 bridgehead atoms. The number of carbonyl (C=O) groups excluding carboxylic acids is 1. The molecule has 0 fully saturated rings. The van der Waals surface area contributed by atoms with E-state index >= 15 is 0 Å². The fourth-order valence-corrected chi connectivity index (χ4v) is 2.08. The third kappa shape index (κ3) is 2.99.